The van der Waals surface area contributed by atoms with Crippen LogP contribution in [-0.4, -0.2) is 15.9 Å². The summed E-state index contributed by atoms with van der Waals surface area (Å²) in [6.45, 7) is 14.8. The summed E-state index contributed by atoms with van der Waals surface area (Å²) in [5.41, 5.74) is 5.93. The molecule has 0 amide bonds. The van der Waals surface area contributed by atoms with E-state index in [4.69, 9.17) is 9.40 Å². The molecule has 0 spiro atoms. The number of rotatable bonds is 8. The van der Waals surface area contributed by atoms with Crippen LogP contribution in [0.1, 0.15) is 79.7 Å². The molecule has 5 heteroatoms. The Morgan fingerprint density at radius 2 is 1.40 bits per heavy atom. The Labute approximate surface area is 292 Å². The van der Waals surface area contributed by atoms with Crippen molar-refractivity contribution >= 4 is 49.4 Å². The van der Waals surface area contributed by atoms with Gasteiger partial charge < -0.3 is 9.52 Å². The Morgan fingerprint density at radius 1 is 0.830 bits per heavy atom. The number of aromatic nitrogens is 1. The van der Waals surface area contributed by atoms with Crippen LogP contribution in [0.25, 0.3) is 54.9 Å². The van der Waals surface area contributed by atoms with Crippen LogP contribution in [0.5, 0.6) is 0 Å². The molecule has 47 heavy (non-hydrogen) atoms. The Kier molecular flexibility index (Phi) is 11.8. The van der Waals surface area contributed by atoms with Crippen molar-refractivity contribution in [2.45, 2.75) is 79.6 Å². The number of aliphatic hydroxyl groups is 1. The molecule has 0 atom stereocenters. The second-order valence-electron chi connectivity index (χ2n) is 13.2. The summed E-state index contributed by atoms with van der Waals surface area (Å²) in [5, 5.41) is 15.3. The number of hydrogen-bond donors (Lipinski definition) is 1. The van der Waals surface area contributed by atoms with Crippen LogP contribution in [0.15, 0.2) is 95.1 Å². The number of para-hydroxylation sites is 2. The fraction of sp³-hybridized carbons (Fsp3) is 0.333. The smallest absolute Gasteiger partial charge is 0.162 e. The van der Waals surface area contributed by atoms with E-state index in [1.165, 1.54) is 17.0 Å². The molecule has 4 nitrogen and oxygen atoms in total. The van der Waals surface area contributed by atoms with Crippen molar-refractivity contribution in [2.24, 2.45) is 11.8 Å². The summed E-state index contributed by atoms with van der Waals surface area (Å²) in [5.74, 6) is 0.547. The van der Waals surface area contributed by atoms with Gasteiger partial charge in [0.1, 0.15) is 11.2 Å². The van der Waals surface area contributed by atoms with Crippen LogP contribution in [-0.2, 0) is 30.3 Å². The van der Waals surface area contributed by atoms with Crippen LogP contribution < -0.4 is 0 Å². The number of aliphatic hydroxyl groups excluding tert-OH is 1. The number of pyridine rings is 1. The molecule has 0 saturated heterocycles. The molecular formula is C42H46IrNO3-. The van der Waals surface area contributed by atoms with Gasteiger partial charge in [0, 0.05) is 59.9 Å². The first kappa shape index (κ1) is 36.1. The summed E-state index contributed by atoms with van der Waals surface area (Å²) in [6, 6.07) is 30.8. The van der Waals surface area contributed by atoms with Crippen molar-refractivity contribution in [1.29, 1.82) is 0 Å². The first-order valence-electron chi connectivity index (χ1n) is 16.7. The van der Waals surface area contributed by atoms with Crippen LogP contribution in [0.3, 0.4) is 0 Å². The van der Waals surface area contributed by atoms with Crippen molar-refractivity contribution in [2.75, 3.05) is 0 Å². The molecule has 0 unspecified atom stereocenters. The minimum atomic E-state index is -0.00210. The largest absolute Gasteiger partial charge is 0.512 e. The third-order valence-electron chi connectivity index (χ3n) is 9.13. The average Bonchev–Trinajstić information content (AvgIpc) is 3.45. The zero-order valence-corrected chi connectivity index (χ0v) is 31.0. The van der Waals surface area contributed by atoms with Crippen molar-refractivity contribution in [3.8, 4) is 11.3 Å². The van der Waals surface area contributed by atoms with Crippen molar-refractivity contribution < 1.29 is 34.4 Å². The van der Waals surface area contributed by atoms with Crippen LogP contribution >= 0.6 is 0 Å². The number of furan rings is 1. The number of nitrogens with zero attached hydrogens (tertiary/aromatic N) is 1. The van der Waals surface area contributed by atoms with E-state index >= 15 is 0 Å². The molecule has 2 heterocycles. The van der Waals surface area contributed by atoms with Crippen LogP contribution in [0, 0.1) is 17.9 Å². The maximum absolute atomic E-state index is 11.7. The minimum Gasteiger partial charge on any atom is -0.512 e. The van der Waals surface area contributed by atoms with E-state index in [-0.39, 0.29) is 48.9 Å². The van der Waals surface area contributed by atoms with Gasteiger partial charge in [-0.2, -0.15) is 0 Å². The van der Waals surface area contributed by atoms with Crippen LogP contribution in [0.2, 0.25) is 0 Å². The number of fused-ring (bicyclic) bond motifs is 6. The van der Waals surface area contributed by atoms with Gasteiger partial charge >= 0.3 is 0 Å². The molecule has 6 aromatic rings. The zero-order chi connectivity index (χ0) is 33.0. The molecule has 2 aromatic heterocycles. The van der Waals surface area contributed by atoms with Gasteiger partial charge in [-0.3, -0.25) is 9.78 Å². The monoisotopic (exact) mass is 805 g/mol. The number of hydrogen-bond acceptors (Lipinski definition) is 4. The van der Waals surface area contributed by atoms with E-state index in [1.54, 1.807) is 0 Å². The molecular weight excluding hydrogens is 759 g/mol. The molecule has 4 aromatic carbocycles. The number of ketones is 1. The van der Waals surface area contributed by atoms with Gasteiger partial charge in [0.05, 0.1) is 11.3 Å². The van der Waals surface area contributed by atoms with Gasteiger partial charge in [-0.15, -0.1) is 29.1 Å². The predicted molar refractivity (Wildman–Crippen MR) is 193 cm³/mol. The molecule has 1 N–H and O–H groups in total. The Morgan fingerprint density at radius 3 is 2.04 bits per heavy atom. The van der Waals surface area contributed by atoms with Crippen molar-refractivity contribution in [1.82, 2.24) is 4.98 Å². The fourth-order valence-electron chi connectivity index (χ4n) is 6.36. The van der Waals surface area contributed by atoms with Gasteiger partial charge in [-0.1, -0.05) is 108 Å². The van der Waals surface area contributed by atoms with E-state index in [9.17, 15) is 9.90 Å². The first-order valence-corrected chi connectivity index (χ1v) is 16.7. The normalized spacial score (nSPS) is 12.1. The fourth-order valence-corrected chi connectivity index (χ4v) is 6.36. The summed E-state index contributed by atoms with van der Waals surface area (Å²) in [4.78, 5) is 16.9. The third kappa shape index (κ3) is 7.53. The zero-order valence-electron chi connectivity index (χ0n) is 28.6. The first-order chi connectivity index (χ1) is 22.1. The summed E-state index contributed by atoms with van der Waals surface area (Å²) >= 11 is 0. The topological polar surface area (TPSA) is 63.3 Å². The molecule has 0 aliphatic rings. The van der Waals surface area contributed by atoms with Gasteiger partial charge in [-0.25, -0.2) is 0 Å². The van der Waals surface area contributed by atoms with Gasteiger partial charge in [0.15, 0.2) is 5.78 Å². The summed E-state index contributed by atoms with van der Waals surface area (Å²) in [7, 11) is 0. The molecule has 6 rings (SSSR count). The number of carbonyl (C=O) groups excluding carboxylic acids is 1. The molecule has 1 radical (unpaired) electrons. The van der Waals surface area contributed by atoms with E-state index in [1.807, 2.05) is 52.0 Å². The Balaban J connectivity index is 0.000000269. The quantitative estimate of drug-likeness (QED) is 0.0945. The van der Waals surface area contributed by atoms with Crippen LogP contribution in [0.4, 0.5) is 0 Å². The molecule has 247 valence electrons. The van der Waals surface area contributed by atoms with E-state index < -0.39 is 0 Å². The van der Waals surface area contributed by atoms with Gasteiger partial charge in [-0.05, 0) is 49.3 Å². The number of benzene rings is 4. The molecule has 0 saturated carbocycles. The Bertz CT molecular complexity index is 2020. The van der Waals surface area contributed by atoms with E-state index in [0.29, 0.717) is 0 Å². The minimum absolute atomic E-state index is 0. The van der Waals surface area contributed by atoms with Crippen molar-refractivity contribution in [3.05, 3.63) is 102 Å². The second kappa shape index (κ2) is 15.4. The maximum atomic E-state index is 11.7. The maximum Gasteiger partial charge on any atom is 0.162 e. The average molecular weight is 805 g/mol. The molecule has 0 bridgehead atoms. The van der Waals surface area contributed by atoms with E-state index in [0.717, 1.165) is 75.2 Å². The summed E-state index contributed by atoms with van der Waals surface area (Å²) in [6.07, 6.45) is 4.91. The van der Waals surface area contributed by atoms with E-state index in [2.05, 4.69) is 81.4 Å². The standard InChI is InChI=1S/C29H22NO.C13H24O2.Ir/c1-29(2,3)23-17-19(16-18-10-4-5-11-20(18)23)27-26-22-13-7-9-15-25(22)31-28(26)21-12-6-8-14-24(21)30-27;1-5-10(6-2)12(14)9-13(15)11(7-3)8-4;/h4-15,17H,1-3H3;9-11,14H,5-8H2,1-4H3;/q-1;;/b;12-9-;. The second-order valence-corrected chi connectivity index (χ2v) is 13.2. The molecule has 0 aliphatic carbocycles. The van der Waals surface area contributed by atoms with Crippen molar-refractivity contribution in [3.63, 3.8) is 0 Å². The number of carbonyl (C=O) groups is 1. The van der Waals surface area contributed by atoms with Gasteiger partial charge in [0.2, 0.25) is 0 Å². The molecule has 0 fully saturated rings. The SMILES string of the molecule is CC(C)(C)c1cc(-c2nc3ccccc3c3oc4ccccc4c23)[c-]c2ccccc12.CCC(CC)C(=O)/C=C(\O)C(CC)CC.[Ir]. The number of allylic oxidation sites excluding steroid dienone is 2. The summed E-state index contributed by atoms with van der Waals surface area (Å²) < 4.78 is 6.36. The van der Waals surface area contributed by atoms with Gasteiger partial charge in [0.25, 0.3) is 0 Å². The predicted octanol–water partition coefficient (Wildman–Crippen LogP) is 11.9. The Hall–Kier alpha value is -3.79. The molecule has 0 aliphatic heterocycles. The third-order valence-corrected chi connectivity index (χ3v) is 9.13.